The first-order chi connectivity index (χ1) is 11.4. The molecule has 1 fully saturated rings. The molecule has 1 N–H and O–H groups in total. The topological polar surface area (TPSA) is 102 Å². The number of ether oxygens (including phenoxy) is 3. The number of hydrogen-bond acceptors (Lipinski definition) is 6. The second-order valence-corrected chi connectivity index (χ2v) is 6.98. The van der Waals surface area contributed by atoms with Crippen LogP contribution < -0.4 is 4.74 Å². The van der Waals surface area contributed by atoms with E-state index in [2.05, 4.69) is 0 Å². The third-order valence-electron chi connectivity index (χ3n) is 3.46. The van der Waals surface area contributed by atoms with Crippen LogP contribution in [0.3, 0.4) is 0 Å². The molecule has 0 amide bonds. The molecule has 3 rings (SSSR count). The fourth-order valence-electron chi connectivity index (χ4n) is 2.12. The Labute approximate surface area is 138 Å². The Morgan fingerprint density at radius 1 is 1.21 bits per heavy atom. The van der Waals surface area contributed by atoms with Crippen LogP contribution in [0.4, 0.5) is 0 Å². The third-order valence-corrected chi connectivity index (χ3v) is 4.14. The molecule has 0 bridgehead atoms. The van der Waals surface area contributed by atoms with Crippen LogP contribution in [0.5, 0.6) is 5.75 Å². The van der Waals surface area contributed by atoms with E-state index < -0.39 is 28.4 Å². The van der Waals surface area contributed by atoms with Gasteiger partial charge < -0.3 is 14.2 Å². The molecule has 1 aliphatic heterocycles. The van der Waals surface area contributed by atoms with E-state index in [-0.39, 0.29) is 6.10 Å². The summed E-state index contributed by atoms with van der Waals surface area (Å²) in [6.45, 7) is 0.802. The maximum atomic E-state index is 11.9. The monoisotopic (exact) mass is 352 g/mol. The molecule has 2 aromatic rings. The highest BCUT2D eigenvalue weighted by Gasteiger charge is 2.23. The van der Waals surface area contributed by atoms with Gasteiger partial charge in [-0.25, -0.2) is 4.79 Å². The minimum absolute atomic E-state index is 0.157. The van der Waals surface area contributed by atoms with E-state index in [1.165, 1.54) is 0 Å². The molecule has 0 aliphatic carbocycles. The number of epoxide rings is 1. The van der Waals surface area contributed by atoms with Gasteiger partial charge in [0.05, 0.1) is 12.2 Å². The SMILES string of the molecule is O=C(OCCS(=O)(=O)O)c1ccc2ccc(OCC3CO3)cc2c1. The van der Waals surface area contributed by atoms with Crippen molar-refractivity contribution in [3.05, 3.63) is 42.0 Å². The van der Waals surface area contributed by atoms with Crippen molar-refractivity contribution >= 4 is 26.9 Å². The van der Waals surface area contributed by atoms with E-state index in [0.717, 1.165) is 10.8 Å². The van der Waals surface area contributed by atoms with Crippen molar-refractivity contribution < 1.29 is 32.0 Å². The molecule has 1 heterocycles. The van der Waals surface area contributed by atoms with Crippen LogP contribution >= 0.6 is 0 Å². The summed E-state index contributed by atoms with van der Waals surface area (Å²) in [5, 5.41) is 1.73. The maximum absolute atomic E-state index is 11.9. The summed E-state index contributed by atoms with van der Waals surface area (Å²) in [5.41, 5.74) is 0.292. The average molecular weight is 352 g/mol. The van der Waals surface area contributed by atoms with Gasteiger partial charge in [0, 0.05) is 0 Å². The lowest BCUT2D eigenvalue weighted by molar-refractivity contribution is 0.0528. The highest BCUT2D eigenvalue weighted by atomic mass is 32.2. The summed E-state index contributed by atoms with van der Waals surface area (Å²) < 4.78 is 45.4. The Morgan fingerprint density at radius 2 is 1.96 bits per heavy atom. The molecule has 24 heavy (non-hydrogen) atoms. The van der Waals surface area contributed by atoms with Gasteiger partial charge in [-0.2, -0.15) is 8.42 Å². The first-order valence-electron chi connectivity index (χ1n) is 7.31. The number of carbonyl (C=O) groups excluding carboxylic acids is 1. The van der Waals surface area contributed by atoms with Gasteiger partial charge in [-0.05, 0) is 35.0 Å². The Morgan fingerprint density at radius 3 is 2.67 bits per heavy atom. The van der Waals surface area contributed by atoms with Crippen molar-refractivity contribution in [1.29, 1.82) is 0 Å². The van der Waals surface area contributed by atoms with Crippen LogP contribution in [0.2, 0.25) is 0 Å². The summed E-state index contributed by atoms with van der Waals surface area (Å²) in [7, 11) is -4.15. The van der Waals surface area contributed by atoms with Crippen LogP contribution in [0, 0.1) is 0 Å². The molecule has 7 nitrogen and oxygen atoms in total. The van der Waals surface area contributed by atoms with E-state index >= 15 is 0 Å². The summed E-state index contributed by atoms with van der Waals surface area (Å²) >= 11 is 0. The second-order valence-electron chi connectivity index (χ2n) is 5.41. The smallest absolute Gasteiger partial charge is 0.338 e. The van der Waals surface area contributed by atoms with Crippen molar-refractivity contribution in [3.8, 4) is 5.75 Å². The number of hydrogen-bond donors (Lipinski definition) is 1. The van der Waals surface area contributed by atoms with Crippen molar-refractivity contribution in [3.63, 3.8) is 0 Å². The van der Waals surface area contributed by atoms with E-state index in [1.54, 1.807) is 18.2 Å². The quantitative estimate of drug-likeness (QED) is 0.459. The zero-order chi connectivity index (χ0) is 17.2. The molecule has 0 spiro atoms. The molecule has 1 saturated heterocycles. The molecule has 1 atom stereocenters. The predicted octanol–water partition coefficient (Wildman–Crippen LogP) is 1.66. The summed E-state index contributed by atoms with van der Waals surface area (Å²) in [6, 6.07) is 10.5. The van der Waals surface area contributed by atoms with Crippen LogP contribution in [0.1, 0.15) is 10.4 Å². The maximum Gasteiger partial charge on any atom is 0.338 e. The predicted molar refractivity (Wildman–Crippen MR) is 85.9 cm³/mol. The van der Waals surface area contributed by atoms with Crippen molar-refractivity contribution in [2.45, 2.75) is 6.10 Å². The van der Waals surface area contributed by atoms with Gasteiger partial charge >= 0.3 is 5.97 Å². The fourth-order valence-corrected chi connectivity index (χ4v) is 2.41. The Kier molecular flexibility index (Phi) is 4.70. The van der Waals surface area contributed by atoms with Gasteiger partial charge in [0.25, 0.3) is 10.1 Å². The van der Waals surface area contributed by atoms with Gasteiger partial charge in [0.1, 0.15) is 30.8 Å². The lowest BCUT2D eigenvalue weighted by Gasteiger charge is -2.08. The molecule has 0 aromatic heterocycles. The molecule has 1 unspecified atom stereocenters. The summed E-state index contributed by atoms with van der Waals surface area (Å²) in [6.07, 6.45) is 0.157. The Bertz CT molecular complexity index is 856. The highest BCUT2D eigenvalue weighted by Crippen LogP contribution is 2.23. The van der Waals surface area contributed by atoms with Gasteiger partial charge in [-0.3, -0.25) is 4.55 Å². The van der Waals surface area contributed by atoms with Gasteiger partial charge in [0.15, 0.2) is 0 Å². The number of rotatable bonds is 7. The fraction of sp³-hybridized carbons (Fsp3) is 0.312. The average Bonchev–Trinajstić information content (AvgIpc) is 3.35. The molecule has 0 saturated carbocycles. The molecular weight excluding hydrogens is 336 g/mol. The van der Waals surface area contributed by atoms with E-state index in [9.17, 15) is 13.2 Å². The number of carbonyl (C=O) groups is 1. The summed E-state index contributed by atoms with van der Waals surface area (Å²) in [5.74, 6) is -0.610. The number of esters is 1. The lowest BCUT2D eigenvalue weighted by atomic mass is 10.1. The number of fused-ring (bicyclic) bond motifs is 1. The highest BCUT2D eigenvalue weighted by molar-refractivity contribution is 7.85. The molecule has 128 valence electrons. The molecule has 0 radical (unpaired) electrons. The first-order valence-corrected chi connectivity index (χ1v) is 8.92. The lowest BCUT2D eigenvalue weighted by Crippen LogP contribution is -2.14. The van der Waals surface area contributed by atoms with Crippen LogP contribution in [-0.2, 0) is 19.6 Å². The van der Waals surface area contributed by atoms with E-state index in [1.807, 2.05) is 18.2 Å². The minimum Gasteiger partial charge on any atom is -0.491 e. The molecule has 1 aliphatic rings. The van der Waals surface area contributed by atoms with Crippen LogP contribution in [-0.4, -0.2) is 50.6 Å². The number of benzene rings is 2. The molecule has 8 heteroatoms. The Hall–Kier alpha value is -2.16. The third kappa shape index (κ3) is 4.67. The van der Waals surface area contributed by atoms with Gasteiger partial charge in [-0.1, -0.05) is 12.1 Å². The first kappa shape index (κ1) is 16.7. The summed E-state index contributed by atoms with van der Waals surface area (Å²) in [4.78, 5) is 11.9. The minimum atomic E-state index is -4.15. The zero-order valence-electron chi connectivity index (χ0n) is 12.7. The molecule has 2 aromatic carbocycles. The van der Waals surface area contributed by atoms with E-state index in [4.69, 9.17) is 18.8 Å². The molecular formula is C16H16O7S. The largest absolute Gasteiger partial charge is 0.491 e. The van der Waals surface area contributed by atoms with Gasteiger partial charge in [0.2, 0.25) is 0 Å². The van der Waals surface area contributed by atoms with Crippen LogP contribution in [0.15, 0.2) is 36.4 Å². The van der Waals surface area contributed by atoms with Crippen molar-refractivity contribution in [2.24, 2.45) is 0 Å². The second kappa shape index (κ2) is 6.76. The standard InChI is InChI=1S/C16H16O7S/c17-16(21-5-6-24(18,19)20)12-2-1-11-3-4-14(8-13(11)7-12)22-9-15-10-23-15/h1-4,7-8,15H,5-6,9-10H2,(H,18,19,20). The van der Waals surface area contributed by atoms with Crippen LogP contribution in [0.25, 0.3) is 10.8 Å². The Balaban J connectivity index is 1.69. The van der Waals surface area contributed by atoms with E-state index in [0.29, 0.717) is 24.5 Å². The van der Waals surface area contributed by atoms with Crippen molar-refractivity contribution in [2.75, 3.05) is 25.6 Å². The zero-order valence-corrected chi connectivity index (χ0v) is 13.5. The van der Waals surface area contributed by atoms with Gasteiger partial charge in [-0.15, -0.1) is 0 Å². The van der Waals surface area contributed by atoms with Crippen molar-refractivity contribution in [1.82, 2.24) is 0 Å². The normalized spacial score (nSPS) is 16.8.